The van der Waals surface area contributed by atoms with E-state index in [1.54, 1.807) is 0 Å². The Hall–Kier alpha value is -0.790. The van der Waals surface area contributed by atoms with Crippen LogP contribution in [0.25, 0.3) is 0 Å². The molecule has 0 spiro atoms. The molecule has 0 aliphatic heterocycles. The molecule has 0 aromatic carbocycles. The fraction of sp³-hybridized carbons (Fsp3) is 0.727. The molecule has 2 heteroatoms. The third-order valence-electron chi connectivity index (χ3n) is 3.03. The van der Waals surface area contributed by atoms with Crippen molar-refractivity contribution in [2.75, 3.05) is 14.1 Å². The van der Waals surface area contributed by atoms with Crippen molar-refractivity contribution in [1.82, 2.24) is 5.01 Å². The van der Waals surface area contributed by atoms with Crippen LogP contribution in [0, 0.1) is 11.8 Å². The maximum atomic E-state index is 4.52. The molecule has 2 unspecified atom stereocenters. The summed E-state index contributed by atoms with van der Waals surface area (Å²) in [6, 6.07) is 0. The number of allylic oxidation sites excluding steroid dienone is 2. The van der Waals surface area contributed by atoms with Gasteiger partial charge in [-0.25, -0.2) is 0 Å². The maximum Gasteiger partial charge on any atom is 0.0638 e. The minimum atomic E-state index is 0.733. The van der Waals surface area contributed by atoms with Gasteiger partial charge in [-0.3, -0.25) is 0 Å². The van der Waals surface area contributed by atoms with E-state index in [0.717, 1.165) is 11.8 Å². The van der Waals surface area contributed by atoms with E-state index >= 15 is 0 Å². The standard InChI is InChI=1S/C11H18N2/c1-13(2)12-11-8-7-9-5-3-4-6-10(9)11/h7-10H,3-6H2,1-2H3/b12-11+. The lowest BCUT2D eigenvalue weighted by Gasteiger charge is -2.25. The number of hydrogen-bond donors (Lipinski definition) is 0. The number of nitrogens with zero attached hydrogens (tertiary/aromatic N) is 2. The zero-order valence-corrected chi connectivity index (χ0v) is 8.53. The zero-order valence-electron chi connectivity index (χ0n) is 8.53. The van der Waals surface area contributed by atoms with Crippen molar-refractivity contribution in [3.63, 3.8) is 0 Å². The quantitative estimate of drug-likeness (QED) is 0.562. The van der Waals surface area contributed by atoms with E-state index in [-0.39, 0.29) is 0 Å². The van der Waals surface area contributed by atoms with Crippen molar-refractivity contribution in [3.8, 4) is 0 Å². The fourth-order valence-electron chi connectivity index (χ4n) is 2.44. The highest BCUT2D eigenvalue weighted by Crippen LogP contribution is 2.36. The van der Waals surface area contributed by atoms with E-state index in [9.17, 15) is 0 Å². The Labute approximate surface area is 80.3 Å². The van der Waals surface area contributed by atoms with Crippen LogP contribution in [0.2, 0.25) is 0 Å². The van der Waals surface area contributed by atoms with E-state index in [0.29, 0.717) is 0 Å². The molecule has 2 aliphatic rings. The summed E-state index contributed by atoms with van der Waals surface area (Å²) in [6.45, 7) is 0. The molecule has 0 heterocycles. The van der Waals surface area contributed by atoms with Crippen molar-refractivity contribution in [2.24, 2.45) is 16.9 Å². The second-order valence-corrected chi connectivity index (χ2v) is 4.29. The highest BCUT2D eigenvalue weighted by Gasteiger charge is 2.30. The SMILES string of the molecule is CN(C)/N=C1\C=CC2CCCCC12. The van der Waals surface area contributed by atoms with Crippen LogP contribution in [-0.4, -0.2) is 24.8 Å². The smallest absolute Gasteiger partial charge is 0.0638 e. The normalized spacial score (nSPS) is 35.1. The number of fused-ring (bicyclic) bond motifs is 1. The van der Waals surface area contributed by atoms with Gasteiger partial charge in [-0.1, -0.05) is 18.9 Å². The van der Waals surface area contributed by atoms with Crippen molar-refractivity contribution in [3.05, 3.63) is 12.2 Å². The van der Waals surface area contributed by atoms with E-state index < -0.39 is 0 Å². The summed E-state index contributed by atoms with van der Waals surface area (Å²) in [6.07, 6.45) is 10.1. The summed E-state index contributed by atoms with van der Waals surface area (Å²) in [4.78, 5) is 0. The first-order valence-electron chi connectivity index (χ1n) is 5.21. The topological polar surface area (TPSA) is 15.6 Å². The van der Waals surface area contributed by atoms with Gasteiger partial charge >= 0.3 is 0 Å². The van der Waals surface area contributed by atoms with Crippen LogP contribution in [0.3, 0.4) is 0 Å². The molecule has 13 heavy (non-hydrogen) atoms. The second-order valence-electron chi connectivity index (χ2n) is 4.29. The summed E-state index contributed by atoms with van der Waals surface area (Å²) in [5.41, 5.74) is 1.30. The van der Waals surface area contributed by atoms with Gasteiger partial charge in [-0.05, 0) is 24.8 Å². The molecule has 1 saturated carbocycles. The molecular weight excluding hydrogens is 160 g/mol. The average molecular weight is 178 g/mol. The van der Waals surface area contributed by atoms with Gasteiger partial charge in [-0.2, -0.15) is 5.10 Å². The number of hydrogen-bond acceptors (Lipinski definition) is 2. The van der Waals surface area contributed by atoms with Crippen LogP contribution in [-0.2, 0) is 0 Å². The second kappa shape index (κ2) is 3.52. The molecule has 0 saturated heterocycles. The zero-order chi connectivity index (χ0) is 9.26. The number of rotatable bonds is 1. The van der Waals surface area contributed by atoms with Gasteiger partial charge in [0.05, 0.1) is 5.71 Å². The minimum absolute atomic E-state index is 0.733. The largest absolute Gasteiger partial charge is 0.303 e. The Morgan fingerprint density at radius 2 is 2.08 bits per heavy atom. The monoisotopic (exact) mass is 178 g/mol. The summed E-state index contributed by atoms with van der Waals surface area (Å²) in [5, 5.41) is 6.44. The highest BCUT2D eigenvalue weighted by molar-refractivity contribution is 5.99. The molecule has 0 radical (unpaired) electrons. The van der Waals surface area contributed by atoms with Crippen LogP contribution in [0.4, 0.5) is 0 Å². The first kappa shape index (κ1) is 8.79. The molecule has 2 rings (SSSR count). The van der Waals surface area contributed by atoms with E-state index in [2.05, 4.69) is 17.3 Å². The summed E-state index contributed by atoms with van der Waals surface area (Å²) in [7, 11) is 3.99. The van der Waals surface area contributed by atoms with Crippen molar-refractivity contribution < 1.29 is 0 Å². The molecule has 0 amide bonds. The van der Waals surface area contributed by atoms with Crippen LogP contribution in [0.1, 0.15) is 25.7 Å². The third-order valence-corrected chi connectivity index (χ3v) is 3.03. The molecule has 0 bridgehead atoms. The molecule has 0 N–H and O–H groups in total. The average Bonchev–Trinajstić information content (AvgIpc) is 2.48. The predicted molar refractivity (Wildman–Crippen MR) is 55.7 cm³/mol. The van der Waals surface area contributed by atoms with Crippen LogP contribution >= 0.6 is 0 Å². The van der Waals surface area contributed by atoms with Gasteiger partial charge in [-0.15, -0.1) is 0 Å². The van der Waals surface area contributed by atoms with E-state index in [1.165, 1.54) is 31.4 Å². The minimum Gasteiger partial charge on any atom is -0.303 e. The predicted octanol–water partition coefficient (Wildman–Crippen LogP) is 2.28. The lowest BCUT2D eigenvalue weighted by Crippen LogP contribution is -2.21. The summed E-state index contributed by atoms with van der Waals surface area (Å²) in [5.74, 6) is 1.53. The lowest BCUT2D eigenvalue weighted by atomic mass is 9.81. The van der Waals surface area contributed by atoms with Crippen LogP contribution in [0.5, 0.6) is 0 Å². The molecule has 0 aromatic heterocycles. The Balaban J connectivity index is 2.11. The van der Waals surface area contributed by atoms with Crippen molar-refractivity contribution in [1.29, 1.82) is 0 Å². The highest BCUT2D eigenvalue weighted by atomic mass is 15.4. The van der Waals surface area contributed by atoms with Gasteiger partial charge < -0.3 is 5.01 Å². The summed E-state index contributed by atoms with van der Waals surface area (Å²) >= 11 is 0. The van der Waals surface area contributed by atoms with Crippen molar-refractivity contribution in [2.45, 2.75) is 25.7 Å². The molecule has 2 nitrogen and oxygen atoms in total. The third kappa shape index (κ3) is 1.77. The maximum absolute atomic E-state index is 4.52. The summed E-state index contributed by atoms with van der Waals surface area (Å²) < 4.78 is 0. The number of hydrazone groups is 1. The Kier molecular flexibility index (Phi) is 2.38. The molecule has 2 aliphatic carbocycles. The Morgan fingerprint density at radius 1 is 1.31 bits per heavy atom. The van der Waals surface area contributed by atoms with Gasteiger partial charge in [0, 0.05) is 20.0 Å². The molecule has 2 atom stereocenters. The van der Waals surface area contributed by atoms with Gasteiger partial charge in [0.15, 0.2) is 0 Å². The molecule has 72 valence electrons. The van der Waals surface area contributed by atoms with E-state index in [1.807, 2.05) is 19.1 Å². The molecule has 1 fully saturated rings. The van der Waals surface area contributed by atoms with Gasteiger partial charge in [0.2, 0.25) is 0 Å². The van der Waals surface area contributed by atoms with E-state index in [4.69, 9.17) is 0 Å². The first-order valence-corrected chi connectivity index (χ1v) is 5.21. The van der Waals surface area contributed by atoms with Gasteiger partial charge in [0.25, 0.3) is 0 Å². The fourth-order valence-corrected chi connectivity index (χ4v) is 2.44. The van der Waals surface area contributed by atoms with Crippen LogP contribution in [0.15, 0.2) is 17.3 Å². The van der Waals surface area contributed by atoms with Crippen LogP contribution < -0.4 is 0 Å². The van der Waals surface area contributed by atoms with Gasteiger partial charge in [0.1, 0.15) is 0 Å². The molecular formula is C11H18N2. The molecule has 0 aromatic rings. The first-order chi connectivity index (χ1) is 6.27. The Morgan fingerprint density at radius 3 is 2.85 bits per heavy atom. The van der Waals surface area contributed by atoms with Crippen molar-refractivity contribution >= 4 is 5.71 Å². The Bertz CT molecular complexity index is 240. The lowest BCUT2D eigenvalue weighted by molar-refractivity contribution is 0.357.